The molecule has 8 heteroatoms. The van der Waals surface area contributed by atoms with E-state index in [1.165, 1.54) is 11.3 Å². The fourth-order valence-corrected chi connectivity index (χ4v) is 4.43. The van der Waals surface area contributed by atoms with Gasteiger partial charge in [-0.25, -0.2) is 9.97 Å². The van der Waals surface area contributed by atoms with Crippen molar-refractivity contribution >= 4 is 27.9 Å². The van der Waals surface area contributed by atoms with Crippen molar-refractivity contribution in [3.8, 4) is 28.6 Å². The number of carbonyl (C=O) groups excluding carboxylic acids is 1. The molecular formula is C25H20N4O3S. The molecule has 2 aromatic carbocycles. The first-order chi connectivity index (χ1) is 16.1. The van der Waals surface area contributed by atoms with E-state index in [2.05, 4.69) is 15.3 Å². The number of hydrogen-bond donors (Lipinski definition) is 1. The zero-order valence-corrected chi connectivity index (χ0v) is 18.8. The number of aromatic nitrogens is 3. The molecule has 0 aliphatic rings. The van der Waals surface area contributed by atoms with Gasteiger partial charge in [-0.2, -0.15) is 0 Å². The fourth-order valence-electron chi connectivity index (χ4n) is 3.43. The Morgan fingerprint density at radius 1 is 1.00 bits per heavy atom. The number of hydrogen-bond acceptors (Lipinski definition) is 6. The number of nitrogens with one attached hydrogen (secondary N) is 1. The van der Waals surface area contributed by atoms with E-state index in [0.29, 0.717) is 27.9 Å². The van der Waals surface area contributed by atoms with Crippen molar-refractivity contribution < 1.29 is 14.3 Å². The van der Waals surface area contributed by atoms with Crippen molar-refractivity contribution in [2.24, 2.45) is 0 Å². The number of pyridine rings is 1. The molecule has 5 rings (SSSR count). The van der Waals surface area contributed by atoms with Crippen LogP contribution in [0.1, 0.15) is 15.4 Å². The van der Waals surface area contributed by atoms with E-state index in [1.807, 2.05) is 66.1 Å². The van der Waals surface area contributed by atoms with E-state index < -0.39 is 0 Å². The summed E-state index contributed by atoms with van der Waals surface area (Å²) in [6, 6.07) is 20.8. The molecule has 0 bridgehead atoms. The van der Waals surface area contributed by atoms with Gasteiger partial charge in [0.25, 0.3) is 5.91 Å². The molecule has 5 aromatic rings. The number of methoxy groups -OCH3 is 1. The maximum Gasteiger partial charge on any atom is 0.267 e. The summed E-state index contributed by atoms with van der Waals surface area (Å²) < 4.78 is 13.0. The Kier molecular flexibility index (Phi) is 5.50. The van der Waals surface area contributed by atoms with Gasteiger partial charge in [0.2, 0.25) is 5.88 Å². The minimum absolute atomic E-state index is 0.204. The van der Waals surface area contributed by atoms with Crippen molar-refractivity contribution in [2.45, 2.75) is 6.92 Å². The van der Waals surface area contributed by atoms with E-state index in [1.54, 1.807) is 31.5 Å². The minimum atomic E-state index is -0.204. The highest BCUT2D eigenvalue weighted by Crippen LogP contribution is 2.31. The highest BCUT2D eigenvalue weighted by atomic mass is 32.1. The van der Waals surface area contributed by atoms with Gasteiger partial charge >= 0.3 is 0 Å². The van der Waals surface area contributed by atoms with Crippen LogP contribution in [-0.2, 0) is 0 Å². The summed E-state index contributed by atoms with van der Waals surface area (Å²) in [5.41, 5.74) is 3.33. The van der Waals surface area contributed by atoms with Crippen LogP contribution in [0.5, 0.6) is 17.4 Å². The van der Waals surface area contributed by atoms with Crippen LogP contribution in [0.25, 0.3) is 16.2 Å². The Balaban J connectivity index is 1.31. The van der Waals surface area contributed by atoms with Crippen molar-refractivity contribution in [3.05, 3.63) is 89.7 Å². The second-order valence-corrected chi connectivity index (χ2v) is 8.23. The van der Waals surface area contributed by atoms with E-state index in [4.69, 9.17) is 9.47 Å². The van der Waals surface area contributed by atoms with E-state index in [0.717, 1.165) is 21.9 Å². The van der Waals surface area contributed by atoms with Crippen LogP contribution in [0.3, 0.4) is 0 Å². The van der Waals surface area contributed by atoms with Crippen LogP contribution in [0.4, 0.5) is 5.69 Å². The topological polar surface area (TPSA) is 77.8 Å². The second kappa shape index (κ2) is 8.76. The molecule has 164 valence electrons. The molecule has 0 aliphatic heterocycles. The zero-order valence-electron chi connectivity index (χ0n) is 18.0. The molecule has 0 unspecified atom stereocenters. The third-order valence-corrected chi connectivity index (χ3v) is 6.27. The third-order valence-electron chi connectivity index (χ3n) is 5.11. The van der Waals surface area contributed by atoms with Gasteiger partial charge in [0.05, 0.1) is 24.7 Å². The number of benzene rings is 2. The molecule has 0 atom stereocenters. The lowest BCUT2D eigenvalue weighted by molar-refractivity contribution is 0.102. The summed E-state index contributed by atoms with van der Waals surface area (Å²) in [4.78, 5) is 23.2. The Hall–Kier alpha value is -4.17. The van der Waals surface area contributed by atoms with Gasteiger partial charge in [0, 0.05) is 23.5 Å². The van der Waals surface area contributed by atoms with Gasteiger partial charge in [0.15, 0.2) is 16.5 Å². The standard InChI is InChI=1S/C25H20N4O3S/c1-16-23(33-25-28-19(15-29(16)25)17-8-4-3-5-9-17)24(30)27-18-12-13-22(26-14-18)32-21-11-7-6-10-20(21)31-2/h3-15H,1-2H3,(H,27,30). The maximum atomic E-state index is 12.9. The quantitative estimate of drug-likeness (QED) is 0.348. The minimum Gasteiger partial charge on any atom is -0.493 e. The summed E-state index contributed by atoms with van der Waals surface area (Å²) in [5.74, 6) is 1.38. The molecule has 7 nitrogen and oxygen atoms in total. The average molecular weight is 457 g/mol. The molecule has 0 radical (unpaired) electrons. The summed E-state index contributed by atoms with van der Waals surface area (Å²) in [6.45, 7) is 1.91. The lowest BCUT2D eigenvalue weighted by atomic mass is 10.2. The molecule has 0 spiro atoms. The molecule has 33 heavy (non-hydrogen) atoms. The number of rotatable bonds is 6. The molecular weight excluding hydrogens is 436 g/mol. The number of carbonyl (C=O) groups is 1. The lowest BCUT2D eigenvalue weighted by Crippen LogP contribution is -2.12. The first-order valence-corrected chi connectivity index (χ1v) is 11.1. The Morgan fingerprint density at radius 2 is 1.76 bits per heavy atom. The maximum absolute atomic E-state index is 12.9. The van der Waals surface area contributed by atoms with Crippen LogP contribution in [0, 0.1) is 6.92 Å². The Bertz CT molecular complexity index is 1430. The zero-order chi connectivity index (χ0) is 22.8. The number of aryl methyl sites for hydroxylation is 1. The highest BCUT2D eigenvalue weighted by Gasteiger charge is 2.18. The molecule has 3 aromatic heterocycles. The van der Waals surface area contributed by atoms with Gasteiger partial charge in [-0.05, 0) is 25.1 Å². The smallest absolute Gasteiger partial charge is 0.267 e. The van der Waals surface area contributed by atoms with Crippen molar-refractivity contribution in [1.82, 2.24) is 14.4 Å². The number of fused-ring (bicyclic) bond motifs is 1. The van der Waals surface area contributed by atoms with E-state index in [9.17, 15) is 4.79 Å². The van der Waals surface area contributed by atoms with Crippen LogP contribution in [0.2, 0.25) is 0 Å². The average Bonchev–Trinajstić information content (AvgIpc) is 3.41. The van der Waals surface area contributed by atoms with Gasteiger partial charge in [-0.3, -0.25) is 9.20 Å². The summed E-state index contributed by atoms with van der Waals surface area (Å²) in [7, 11) is 1.58. The summed E-state index contributed by atoms with van der Waals surface area (Å²) in [6.07, 6.45) is 3.52. The molecule has 3 heterocycles. The second-order valence-electron chi connectivity index (χ2n) is 7.25. The van der Waals surface area contributed by atoms with Crippen LogP contribution in [0.15, 0.2) is 79.1 Å². The van der Waals surface area contributed by atoms with Crippen molar-refractivity contribution in [1.29, 1.82) is 0 Å². The normalized spacial score (nSPS) is 10.8. The van der Waals surface area contributed by atoms with Gasteiger partial charge < -0.3 is 14.8 Å². The number of thiazole rings is 1. The Labute approximate surface area is 194 Å². The molecule has 1 amide bonds. The van der Waals surface area contributed by atoms with Crippen molar-refractivity contribution in [3.63, 3.8) is 0 Å². The lowest BCUT2D eigenvalue weighted by Gasteiger charge is -2.10. The van der Waals surface area contributed by atoms with E-state index >= 15 is 0 Å². The summed E-state index contributed by atoms with van der Waals surface area (Å²) in [5, 5.41) is 2.90. The SMILES string of the molecule is COc1ccccc1Oc1ccc(NC(=O)c2sc3nc(-c4ccccc4)cn3c2C)cn1. The van der Waals surface area contributed by atoms with Crippen LogP contribution >= 0.6 is 11.3 Å². The van der Waals surface area contributed by atoms with E-state index in [-0.39, 0.29) is 5.91 Å². The van der Waals surface area contributed by atoms with Crippen molar-refractivity contribution in [2.75, 3.05) is 12.4 Å². The molecule has 0 fully saturated rings. The van der Waals surface area contributed by atoms with Crippen LogP contribution < -0.4 is 14.8 Å². The predicted molar refractivity (Wildman–Crippen MR) is 129 cm³/mol. The molecule has 1 N–H and O–H groups in total. The third kappa shape index (κ3) is 4.16. The number of amides is 1. The number of anilines is 1. The fraction of sp³-hybridized carbons (Fsp3) is 0.0800. The molecule has 0 saturated carbocycles. The Morgan fingerprint density at radius 3 is 2.45 bits per heavy atom. The largest absolute Gasteiger partial charge is 0.493 e. The molecule has 0 aliphatic carbocycles. The highest BCUT2D eigenvalue weighted by molar-refractivity contribution is 7.19. The number of para-hydroxylation sites is 2. The van der Waals surface area contributed by atoms with Gasteiger partial charge in [0.1, 0.15) is 4.88 Å². The van der Waals surface area contributed by atoms with Crippen LogP contribution in [-0.4, -0.2) is 27.4 Å². The summed E-state index contributed by atoms with van der Waals surface area (Å²) >= 11 is 1.36. The number of nitrogens with zero attached hydrogens (tertiary/aromatic N) is 3. The first-order valence-electron chi connectivity index (χ1n) is 10.2. The number of imidazole rings is 1. The number of ether oxygens (including phenoxy) is 2. The first kappa shape index (κ1) is 20.7. The van der Waals surface area contributed by atoms with Gasteiger partial charge in [-0.1, -0.05) is 53.8 Å². The predicted octanol–water partition coefficient (Wildman–Crippen LogP) is 5.82. The molecule has 0 saturated heterocycles. The monoisotopic (exact) mass is 456 g/mol. The van der Waals surface area contributed by atoms with Gasteiger partial charge in [-0.15, -0.1) is 0 Å².